The Balaban J connectivity index is 1.60. The molecule has 3 aromatic carbocycles. The highest BCUT2D eigenvalue weighted by molar-refractivity contribution is 6.24. The summed E-state index contributed by atoms with van der Waals surface area (Å²) in [6.07, 6.45) is 0.849. The summed E-state index contributed by atoms with van der Waals surface area (Å²) in [7, 11) is 3.42. The first-order valence-electron chi connectivity index (χ1n) is 13.9. The van der Waals surface area contributed by atoms with E-state index in [9.17, 15) is 9.59 Å². The number of benzene rings is 3. The number of nitrogens with one attached hydrogen (secondary N) is 1. The number of methoxy groups -OCH3 is 1. The minimum absolute atomic E-state index is 0.189. The van der Waals surface area contributed by atoms with Gasteiger partial charge in [-0.15, -0.1) is 0 Å². The number of anilines is 1. The summed E-state index contributed by atoms with van der Waals surface area (Å²) < 4.78 is 10.9. The largest absolute Gasteiger partial charge is 0.465 e. The number of nitrogens with two attached hydrogens (primary N) is 1. The Kier molecular flexibility index (Phi) is 9.70. The molecular weight excluding hydrogens is 516 g/mol. The van der Waals surface area contributed by atoms with Crippen molar-refractivity contribution >= 4 is 29.0 Å². The van der Waals surface area contributed by atoms with E-state index >= 15 is 0 Å². The van der Waals surface area contributed by atoms with Crippen molar-refractivity contribution in [3.8, 4) is 0 Å². The lowest BCUT2D eigenvalue weighted by Gasteiger charge is -2.31. The molecule has 0 aromatic heterocycles. The summed E-state index contributed by atoms with van der Waals surface area (Å²) in [5, 5.41) is 2.92. The van der Waals surface area contributed by atoms with Gasteiger partial charge in [0.05, 0.1) is 36.3 Å². The van der Waals surface area contributed by atoms with E-state index in [0.717, 1.165) is 35.3 Å². The third-order valence-electron chi connectivity index (χ3n) is 7.10. The van der Waals surface area contributed by atoms with E-state index in [2.05, 4.69) is 50.2 Å². The quantitative estimate of drug-likeness (QED) is 0.245. The zero-order valence-corrected chi connectivity index (χ0v) is 24.5. The van der Waals surface area contributed by atoms with E-state index in [0.29, 0.717) is 30.1 Å². The summed E-state index contributed by atoms with van der Waals surface area (Å²) in [5.41, 5.74) is 10.8. The molecule has 1 heterocycles. The number of hydrogen-bond donors (Lipinski definition) is 2. The number of likely N-dealkylation sites (N-methyl/N-ethyl adjacent to an activating group) is 1. The molecule has 0 saturated heterocycles. The van der Waals surface area contributed by atoms with Crippen molar-refractivity contribution in [2.45, 2.75) is 51.3 Å². The van der Waals surface area contributed by atoms with Gasteiger partial charge >= 0.3 is 5.97 Å². The van der Waals surface area contributed by atoms with E-state index in [4.69, 9.17) is 20.2 Å². The molecule has 1 aliphatic heterocycles. The number of aliphatic imine (C=N–C) groups is 1. The van der Waals surface area contributed by atoms with Gasteiger partial charge in [0.25, 0.3) is 0 Å². The summed E-state index contributed by atoms with van der Waals surface area (Å²) in [5.74, 6) is -1.26. The zero-order chi connectivity index (χ0) is 29.6. The number of hydrogen-bond acceptors (Lipinski definition) is 7. The Hall–Kier alpha value is -3.85. The second kappa shape index (κ2) is 13.2. The van der Waals surface area contributed by atoms with Crippen LogP contribution < -0.4 is 11.1 Å². The lowest BCUT2D eigenvalue weighted by Crippen LogP contribution is -2.39. The minimum Gasteiger partial charge on any atom is -0.465 e. The standard InChI is InChI=1S/C33H40N4O4/c1-33(2,3)41-21-26(17-18-34)37(4)20-22-11-14-25(15-12-22)35-30(23-9-7-6-8-10-23)29-27-16-13-24(32(39)40-5)19-28(27)36-31(29)38/h6-16,19,26,29H,17-18,20-21,34H2,1-5H3,(H,36,38). The maximum absolute atomic E-state index is 13.3. The molecular formula is C33H40N4O4. The summed E-state index contributed by atoms with van der Waals surface area (Å²) in [4.78, 5) is 32.6. The number of esters is 1. The first kappa shape index (κ1) is 30.1. The Labute approximate surface area is 242 Å². The summed E-state index contributed by atoms with van der Waals surface area (Å²) in [6, 6.07) is 23.1. The fourth-order valence-corrected chi connectivity index (χ4v) is 4.88. The highest BCUT2D eigenvalue weighted by Crippen LogP contribution is 2.37. The molecule has 2 unspecified atom stereocenters. The van der Waals surface area contributed by atoms with E-state index in [1.54, 1.807) is 18.2 Å². The van der Waals surface area contributed by atoms with Crippen LogP contribution in [-0.4, -0.2) is 61.4 Å². The number of nitrogens with zero attached hydrogens (tertiary/aromatic N) is 2. The topological polar surface area (TPSA) is 106 Å². The number of ether oxygens (including phenoxy) is 2. The predicted octanol–water partition coefficient (Wildman–Crippen LogP) is 5.29. The van der Waals surface area contributed by atoms with Crippen LogP contribution in [0.2, 0.25) is 0 Å². The lowest BCUT2D eigenvalue weighted by atomic mass is 9.90. The summed E-state index contributed by atoms with van der Waals surface area (Å²) in [6.45, 7) is 8.13. The molecule has 0 fully saturated rings. The molecule has 0 bridgehead atoms. The second-order valence-electron chi connectivity index (χ2n) is 11.3. The maximum atomic E-state index is 13.3. The van der Waals surface area contributed by atoms with E-state index in [1.165, 1.54) is 7.11 Å². The number of rotatable bonds is 11. The minimum atomic E-state index is -0.621. The third kappa shape index (κ3) is 7.67. The number of amides is 1. The highest BCUT2D eigenvalue weighted by Gasteiger charge is 2.36. The monoisotopic (exact) mass is 556 g/mol. The lowest BCUT2D eigenvalue weighted by molar-refractivity contribution is -0.115. The van der Waals surface area contributed by atoms with Gasteiger partial charge in [0.1, 0.15) is 5.92 Å². The predicted molar refractivity (Wildman–Crippen MR) is 163 cm³/mol. The van der Waals surface area contributed by atoms with Crippen molar-refractivity contribution in [1.29, 1.82) is 0 Å². The first-order chi connectivity index (χ1) is 19.6. The van der Waals surface area contributed by atoms with Crippen LogP contribution in [-0.2, 0) is 20.8 Å². The van der Waals surface area contributed by atoms with Crippen LogP contribution >= 0.6 is 0 Å². The van der Waals surface area contributed by atoms with E-state index in [-0.39, 0.29) is 17.6 Å². The number of carbonyl (C=O) groups excluding carboxylic acids is 2. The smallest absolute Gasteiger partial charge is 0.337 e. The molecule has 0 saturated carbocycles. The van der Waals surface area contributed by atoms with Gasteiger partial charge in [-0.25, -0.2) is 4.79 Å². The van der Waals surface area contributed by atoms with E-state index in [1.807, 2.05) is 42.5 Å². The second-order valence-corrected chi connectivity index (χ2v) is 11.3. The van der Waals surface area contributed by atoms with Crippen molar-refractivity contribution in [3.63, 3.8) is 0 Å². The highest BCUT2D eigenvalue weighted by atomic mass is 16.5. The van der Waals surface area contributed by atoms with Crippen LogP contribution in [0.4, 0.5) is 11.4 Å². The Morgan fingerprint density at radius 1 is 1.05 bits per heavy atom. The van der Waals surface area contributed by atoms with Gasteiger partial charge in [0, 0.05) is 18.3 Å². The molecule has 0 aliphatic carbocycles. The molecule has 8 heteroatoms. The number of fused-ring (bicyclic) bond motifs is 1. The average Bonchev–Trinajstić information content (AvgIpc) is 3.28. The maximum Gasteiger partial charge on any atom is 0.337 e. The molecule has 216 valence electrons. The molecule has 41 heavy (non-hydrogen) atoms. The first-order valence-corrected chi connectivity index (χ1v) is 13.9. The molecule has 3 aromatic rings. The third-order valence-corrected chi connectivity index (χ3v) is 7.10. The zero-order valence-electron chi connectivity index (χ0n) is 24.5. The normalized spacial score (nSPS) is 15.9. The van der Waals surface area contributed by atoms with Crippen molar-refractivity contribution < 1.29 is 19.1 Å². The van der Waals surface area contributed by atoms with Crippen molar-refractivity contribution in [3.05, 3.63) is 95.1 Å². The van der Waals surface area contributed by atoms with Crippen molar-refractivity contribution in [1.82, 2.24) is 4.90 Å². The molecule has 8 nitrogen and oxygen atoms in total. The Morgan fingerprint density at radius 3 is 2.39 bits per heavy atom. The Bertz CT molecular complexity index is 1380. The van der Waals surface area contributed by atoms with Crippen LogP contribution in [0.25, 0.3) is 0 Å². The number of carbonyl (C=O) groups is 2. The fraction of sp³-hybridized carbons (Fsp3) is 0.364. The van der Waals surface area contributed by atoms with Gasteiger partial charge < -0.3 is 20.5 Å². The van der Waals surface area contributed by atoms with Crippen LogP contribution in [0.3, 0.4) is 0 Å². The van der Waals surface area contributed by atoms with Crippen molar-refractivity contribution in [2.75, 3.05) is 32.6 Å². The molecule has 4 rings (SSSR count). The van der Waals surface area contributed by atoms with Gasteiger partial charge in [-0.3, -0.25) is 14.7 Å². The molecule has 3 N–H and O–H groups in total. The molecule has 1 aliphatic rings. The molecule has 0 spiro atoms. The van der Waals surface area contributed by atoms with Crippen molar-refractivity contribution in [2.24, 2.45) is 10.7 Å². The molecule has 2 atom stereocenters. The van der Waals surface area contributed by atoms with Gasteiger partial charge in [0.15, 0.2) is 0 Å². The summed E-state index contributed by atoms with van der Waals surface area (Å²) >= 11 is 0. The average molecular weight is 557 g/mol. The SMILES string of the molecule is COC(=O)c1ccc2c(c1)NC(=O)C2C(=Nc1ccc(CN(C)C(CCN)COC(C)(C)C)cc1)c1ccccc1. The van der Waals surface area contributed by atoms with Crippen LogP contribution in [0.5, 0.6) is 0 Å². The van der Waals surface area contributed by atoms with Crippen LogP contribution in [0, 0.1) is 0 Å². The van der Waals surface area contributed by atoms with Crippen LogP contribution in [0.15, 0.2) is 77.8 Å². The van der Waals surface area contributed by atoms with Gasteiger partial charge in [-0.05, 0) is 81.7 Å². The van der Waals surface area contributed by atoms with Gasteiger partial charge in [-0.1, -0.05) is 48.5 Å². The van der Waals surface area contributed by atoms with Crippen LogP contribution in [0.1, 0.15) is 60.2 Å². The van der Waals surface area contributed by atoms with Gasteiger partial charge in [-0.2, -0.15) is 0 Å². The molecule has 1 amide bonds. The van der Waals surface area contributed by atoms with Gasteiger partial charge in [0.2, 0.25) is 5.91 Å². The molecule has 0 radical (unpaired) electrons. The fourth-order valence-electron chi connectivity index (χ4n) is 4.88. The van der Waals surface area contributed by atoms with E-state index < -0.39 is 11.9 Å². The Morgan fingerprint density at radius 2 is 1.76 bits per heavy atom.